The van der Waals surface area contributed by atoms with Crippen molar-refractivity contribution in [2.24, 2.45) is 11.8 Å². The van der Waals surface area contributed by atoms with Crippen molar-refractivity contribution in [2.45, 2.75) is 38.5 Å². The van der Waals surface area contributed by atoms with Gasteiger partial charge in [0.1, 0.15) is 5.75 Å². The van der Waals surface area contributed by atoms with Crippen LogP contribution in [0.3, 0.4) is 0 Å². The smallest absolute Gasteiger partial charge is 0.239 e. The lowest BCUT2D eigenvalue weighted by Gasteiger charge is -2.57. The Hall–Kier alpha value is -3.73. The maximum Gasteiger partial charge on any atom is 0.239 e. The van der Waals surface area contributed by atoms with Crippen LogP contribution in [0.1, 0.15) is 60.3 Å². The van der Waals surface area contributed by atoms with E-state index in [0.29, 0.717) is 23.6 Å². The highest BCUT2D eigenvalue weighted by Gasteiger charge is 2.70. The molecule has 1 saturated heterocycles. The maximum atomic E-state index is 14.3. The Balaban J connectivity index is 1.62. The summed E-state index contributed by atoms with van der Waals surface area (Å²) in [6, 6.07) is 21.4. The Morgan fingerprint density at radius 3 is 1.69 bits per heavy atom. The number of benzene rings is 3. The average molecular weight is 466 g/mol. The van der Waals surface area contributed by atoms with Gasteiger partial charge >= 0.3 is 0 Å². The van der Waals surface area contributed by atoms with Gasteiger partial charge in [0.2, 0.25) is 11.8 Å². The number of carbonyl (C=O) groups is 3. The van der Waals surface area contributed by atoms with Gasteiger partial charge in [0.05, 0.1) is 24.1 Å². The first-order valence-corrected chi connectivity index (χ1v) is 12.1. The van der Waals surface area contributed by atoms with E-state index in [1.54, 1.807) is 18.2 Å². The number of nitrogens with zero attached hydrogens (tertiary/aromatic N) is 1. The van der Waals surface area contributed by atoms with Gasteiger partial charge < -0.3 is 4.74 Å². The molecule has 35 heavy (non-hydrogen) atoms. The Morgan fingerprint density at radius 2 is 1.29 bits per heavy atom. The average Bonchev–Trinajstić information content (AvgIpc) is 3.14. The SMILES string of the molecule is CCOc1ccc(C(C)=O)cc1N1C(=O)[C@@H]2[C@H](C1=O)C1(C)c3ccccc3C2(C)c2ccccc21. The predicted octanol–water partition coefficient (Wildman–Crippen LogP) is 5.03. The highest BCUT2D eigenvalue weighted by molar-refractivity contribution is 6.25. The normalized spacial score (nSPS) is 27.9. The van der Waals surface area contributed by atoms with E-state index in [4.69, 9.17) is 4.74 Å². The number of hydrogen-bond acceptors (Lipinski definition) is 4. The van der Waals surface area contributed by atoms with Crippen LogP contribution in [-0.2, 0) is 20.4 Å². The summed E-state index contributed by atoms with van der Waals surface area (Å²) in [6.07, 6.45) is 0. The summed E-state index contributed by atoms with van der Waals surface area (Å²) >= 11 is 0. The van der Waals surface area contributed by atoms with Crippen LogP contribution in [0.25, 0.3) is 0 Å². The van der Waals surface area contributed by atoms with Crippen molar-refractivity contribution in [1.29, 1.82) is 0 Å². The second kappa shape index (κ2) is 7.14. The zero-order chi connectivity index (χ0) is 24.7. The fourth-order valence-corrected chi connectivity index (χ4v) is 7.00. The Bertz CT molecular complexity index is 1320. The van der Waals surface area contributed by atoms with Crippen LogP contribution in [-0.4, -0.2) is 24.2 Å². The molecule has 2 amide bonds. The van der Waals surface area contributed by atoms with Gasteiger partial charge in [-0.1, -0.05) is 62.4 Å². The fraction of sp³-hybridized carbons (Fsp3) is 0.300. The molecule has 0 spiro atoms. The van der Waals surface area contributed by atoms with Crippen molar-refractivity contribution >= 4 is 23.3 Å². The van der Waals surface area contributed by atoms with Gasteiger partial charge in [0, 0.05) is 16.4 Å². The van der Waals surface area contributed by atoms with Gasteiger partial charge in [-0.3, -0.25) is 14.4 Å². The van der Waals surface area contributed by atoms with Crippen molar-refractivity contribution in [3.05, 3.63) is 94.5 Å². The Kier molecular flexibility index (Phi) is 4.44. The zero-order valence-corrected chi connectivity index (χ0v) is 20.3. The fourth-order valence-electron chi connectivity index (χ4n) is 7.00. The molecule has 5 heteroatoms. The number of hydrogen-bond donors (Lipinski definition) is 0. The number of rotatable bonds is 4. The molecular weight excluding hydrogens is 438 g/mol. The highest BCUT2D eigenvalue weighted by atomic mass is 16.5. The minimum Gasteiger partial charge on any atom is -0.492 e. The first-order valence-electron chi connectivity index (χ1n) is 12.1. The van der Waals surface area contributed by atoms with Gasteiger partial charge in [-0.2, -0.15) is 0 Å². The molecular formula is C30H27NO4. The molecule has 0 N–H and O–H groups in total. The lowest BCUT2D eigenvalue weighted by atomic mass is 9.42. The lowest BCUT2D eigenvalue weighted by molar-refractivity contribution is -0.124. The van der Waals surface area contributed by atoms with E-state index in [1.165, 1.54) is 11.8 Å². The van der Waals surface area contributed by atoms with Gasteiger partial charge in [0.25, 0.3) is 0 Å². The number of imide groups is 1. The molecule has 2 bridgehead atoms. The number of ether oxygens (including phenoxy) is 1. The molecule has 0 unspecified atom stereocenters. The summed E-state index contributed by atoms with van der Waals surface area (Å²) in [7, 11) is 0. The molecule has 1 heterocycles. The lowest BCUT2D eigenvalue weighted by Crippen LogP contribution is -2.59. The molecule has 4 aliphatic rings. The van der Waals surface area contributed by atoms with Crippen LogP contribution in [0.2, 0.25) is 0 Å². The van der Waals surface area contributed by atoms with Crippen molar-refractivity contribution in [1.82, 2.24) is 0 Å². The largest absolute Gasteiger partial charge is 0.492 e. The second-order valence-corrected chi connectivity index (χ2v) is 10.1. The van der Waals surface area contributed by atoms with E-state index >= 15 is 0 Å². The van der Waals surface area contributed by atoms with E-state index in [1.807, 2.05) is 31.2 Å². The standard InChI is InChI=1S/C30H27NO4/c1-5-35-24-15-14-18(17(2)32)16-23(24)31-27(33)25-26(28(31)34)30(4)21-12-8-6-10-19(21)29(25,3)20-11-7-9-13-22(20)30/h6-16,25-26H,5H2,1-4H3/t25-,26+,29?,30?. The van der Waals surface area contributed by atoms with Gasteiger partial charge in [-0.25, -0.2) is 4.90 Å². The zero-order valence-electron chi connectivity index (χ0n) is 20.3. The van der Waals surface area contributed by atoms with E-state index in [0.717, 1.165) is 22.3 Å². The molecule has 3 aliphatic carbocycles. The first kappa shape index (κ1) is 21.8. The van der Waals surface area contributed by atoms with Crippen LogP contribution in [0, 0.1) is 11.8 Å². The number of carbonyl (C=O) groups excluding carboxylic acids is 3. The van der Waals surface area contributed by atoms with Gasteiger partial charge in [-0.15, -0.1) is 0 Å². The Morgan fingerprint density at radius 1 is 0.829 bits per heavy atom. The van der Waals surface area contributed by atoms with Crippen LogP contribution in [0.15, 0.2) is 66.7 Å². The molecule has 1 aliphatic heterocycles. The van der Waals surface area contributed by atoms with Gasteiger partial charge in [-0.05, 0) is 54.3 Å². The minimum absolute atomic E-state index is 0.135. The highest BCUT2D eigenvalue weighted by Crippen LogP contribution is 2.66. The third-order valence-corrected chi connectivity index (χ3v) is 8.55. The molecule has 1 fully saturated rings. The van der Waals surface area contributed by atoms with Crippen molar-refractivity contribution < 1.29 is 19.1 Å². The summed E-state index contributed by atoms with van der Waals surface area (Å²) < 4.78 is 5.82. The number of Topliss-reactive ketones (excluding diaryl/α,β-unsaturated/α-hetero) is 1. The number of amides is 2. The van der Waals surface area contributed by atoms with Crippen LogP contribution < -0.4 is 9.64 Å². The summed E-state index contributed by atoms with van der Waals surface area (Å²) in [4.78, 5) is 42.1. The quantitative estimate of drug-likeness (QED) is 0.400. The summed E-state index contributed by atoms with van der Waals surface area (Å²) in [5.74, 6) is -1.29. The van der Waals surface area contributed by atoms with Crippen molar-refractivity contribution in [3.8, 4) is 5.75 Å². The molecule has 0 saturated carbocycles. The van der Waals surface area contributed by atoms with E-state index in [2.05, 4.69) is 38.1 Å². The van der Waals surface area contributed by atoms with E-state index in [-0.39, 0.29) is 17.6 Å². The van der Waals surface area contributed by atoms with Crippen molar-refractivity contribution in [2.75, 3.05) is 11.5 Å². The van der Waals surface area contributed by atoms with Crippen LogP contribution in [0.5, 0.6) is 5.75 Å². The van der Waals surface area contributed by atoms with Crippen molar-refractivity contribution in [3.63, 3.8) is 0 Å². The molecule has 176 valence electrons. The molecule has 5 nitrogen and oxygen atoms in total. The predicted molar refractivity (Wildman–Crippen MR) is 133 cm³/mol. The topological polar surface area (TPSA) is 63.7 Å². The van der Waals surface area contributed by atoms with Gasteiger partial charge in [0.15, 0.2) is 5.78 Å². The monoisotopic (exact) mass is 465 g/mol. The number of ketones is 1. The molecule has 2 atom stereocenters. The first-order chi connectivity index (χ1) is 16.8. The summed E-state index contributed by atoms with van der Waals surface area (Å²) in [5.41, 5.74) is 3.90. The molecule has 3 aromatic rings. The maximum absolute atomic E-state index is 14.3. The molecule has 0 radical (unpaired) electrons. The third-order valence-electron chi connectivity index (χ3n) is 8.55. The molecule has 7 rings (SSSR count). The third kappa shape index (κ3) is 2.51. The van der Waals surface area contributed by atoms with Crippen LogP contribution in [0.4, 0.5) is 5.69 Å². The number of anilines is 1. The summed E-state index contributed by atoms with van der Waals surface area (Å²) in [6.45, 7) is 7.91. The Labute approximate surface area is 204 Å². The molecule has 0 aromatic heterocycles. The molecule has 3 aromatic carbocycles. The minimum atomic E-state index is -0.652. The van der Waals surface area contributed by atoms with E-state index < -0.39 is 22.7 Å². The van der Waals surface area contributed by atoms with Crippen LogP contribution >= 0.6 is 0 Å². The van der Waals surface area contributed by atoms with E-state index in [9.17, 15) is 14.4 Å². The second-order valence-electron chi connectivity index (χ2n) is 10.1. The summed E-state index contributed by atoms with van der Waals surface area (Å²) in [5, 5.41) is 0.